The van der Waals surface area contributed by atoms with Gasteiger partial charge in [0.1, 0.15) is 0 Å². The predicted molar refractivity (Wildman–Crippen MR) is 178 cm³/mol. The van der Waals surface area contributed by atoms with Crippen LogP contribution >= 0.6 is 22.7 Å². The molecule has 4 aromatic heterocycles. The van der Waals surface area contributed by atoms with E-state index in [2.05, 4.69) is 121 Å². The van der Waals surface area contributed by atoms with Crippen LogP contribution < -0.4 is 0 Å². The summed E-state index contributed by atoms with van der Waals surface area (Å²) < 4.78 is 9.99. The third kappa shape index (κ3) is 2.77. The predicted octanol–water partition coefficient (Wildman–Crippen LogP) is 10.9. The highest BCUT2D eigenvalue weighted by molar-refractivity contribution is 7.36. The van der Waals surface area contributed by atoms with Crippen LogP contribution in [0.3, 0.4) is 0 Å². The minimum atomic E-state index is 1.28. The molecule has 0 amide bonds. The molecule has 10 aromatic rings. The van der Waals surface area contributed by atoms with Crippen molar-refractivity contribution in [3.05, 3.63) is 97.3 Å². The van der Waals surface area contributed by atoms with Gasteiger partial charge in [-0.15, -0.1) is 22.7 Å². The third-order valence-corrected chi connectivity index (χ3v) is 11.4. The molecule has 0 aliphatic heterocycles. The van der Waals surface area contributed by atoms with E-state index in [1.165, 1.54) is 94.5 Å². The van der Waals surface area contributed by atoms with E-state index in [0.717, 1.165) is 0 Å². The van der Waals surface area contributed by atoms with Crippen molar-refractivity contribution >= 4 is 117 Å². The van der Waals surface area contributed by atoms with Gasteiger partial charge in [0, 0.05) is 68.5 Å². The van der Waals surface area contributed by atoms with E-state index < -0.39 is 0 Å². The standard InChI is InChI=1S/C36H22N2S2/c1-37-5-3-19-7-21-9-23-13-29-33(17-27(23)11-25(21)15-31(19)37)39-36-30-14-24-10-22-8-20-4-6-38(2)32(20)16-26(22)12-28(24)18-34(30)40-35(29)36/h3-18H,1-2H3. The lowest BCUT2D eigenvalue weighted by Gasteiger charge is -2.05. The lowest BCUT2D eigenvalue weighted by atomic mass is 10.0. The Kier molecular flexibility index (Phi) is 3.87. The summed E-state index contributed by atoms with van der Waals surface area (Å²) in [4.78, 5) is 0. The van der Waals surface area contributed by atoms with Crippen LogP contribution in [-0.4, -0.2) is 9.13 Å². The summed E-state index contributed by atoms with van der Waals surface area (Å²) in [6.45, 7) is 0. The maximum absolute atomic E-state index is 2.42. The topological polar surface area (TPSA) is 9.86 Å². The molecule has 4 heteroatoms. The molecule has 0 radical (unpaired) electrons. The lowest BCUT2D eigenvalue weighted by Crippen LogP contribution is -1.84. The maximum atomic E-state index is 2.42. The van der Waals surface area contributed by atoms with Gasteiger partial charge in [0.2, 0.25) is 0 Å². The Morgan fingerprint density at radius 2 is 0.750 bits per heavy atom. The molecule has 0 unspecified atom stereocenters. The van der Waals surface area contributed by atoms with Crippen LogP contribution in [0.15, 0.2) is 97.3 Å². The average Bonchev–Trinajstić information content (AvgIpc) is 3.69. The smallest absolute Gasteiger partial charge is 0.0542 e. The van der Waals surface area contributed by atoms with Gasteiger partial charge in [-0.1, -0.05) is 0 Å². The summed E-state index contributed by atoms with van der Waals surface area (Å²) in [7, 11) is 4.24. The van der Waals surface area contributed by atoms with Crippen LogP contribution in [0.2, 0.25) is 0 Å². The fraction of sp³-hybridized carbons (Fsp3) is 0.0556. The van der Waals surface area contributed by atoms with Gasteiger partial charge < -0.3 is 9.13 Å². The van der Waals surface area contributed by atoms with Crippen molar-refractivity contribution in [1.29, 1.82) is 0 Å². The number of aryl methyl sites for hydroxylation is 2. The van der Waals surface area contributed by atoms with E-state index in [0.29, 0.717) is 0 Å². The van der Waals surface area contributed by atoms with Crippen molar-refractivity contribution in [2.24, 2.45) is 14.1 Å². The van der Waals surface area contributed by atoms with Gasteiger partial charge in [-0.05, 0) is 128 Å². The molecule has 188 valence electrons. The zero-order valence-corrected chi connectivity index (χ0v) is 23.6. The van der Waals surface area contributed by atoms with Crippen LogP contribution in [-0.2, 0) is 14.1 Å². The number of hydrogen-bond acceptors (Lipinski definition) is 2. The molecule has 0 aliphatic carbocycles. The summed E-state index contributed by atoms with van der Waals surface area (Å²) in [6.07, 6.45) is 4.29. The Bertz CT molecular complexity index is 2540. The quantitative estimate of drug-likeness (QED) is 0.167. The van der Waals surface area contributed by atoms with Gasteiger partial charge in [0.05, 0.1) is 9.40 Å². The van der Waals surface area contributed by atoms with Crippen molar-refractivity contribution in [2.45, 2.75) is 0 Å². The van der Waals surface area contributed by atoms with E-state index in [1.54, 1.807) is 0 Å². The number of thiophene rings is 2. The Morgan fingerprint density at radius 3 is 1.20 bits per heavy atom. The SMILES string of the molecule is Cn1ccc2cc3cc4cc5c(cc4cc3cc21)sc1c2cc3cc4cc6ccn(C)c6cc4cc3cc2sc51. The number of aromatic nitrogens is 2. The second-order valence-electron chi connectivity index (χ2n) is 11.3. The van der Waals surface area contributed by atoms with Crippen LogP contribution in [0, 0.1) is 0 Å². The first-order valence-corrected chi connectivity index (χ1v) is 15.2. The zero-order valence-electron chi connectivity index (χ0n) is 21.9. The Morgan fingerprint density at radius 1 is 0.400 bits per heavy atom. The number of nitrogens with zero attached hydrogens (tertiary/aromatic N) is 2. The van der Waals surface area contributed by atoms with Gasteiger partial charge in [-0.25, -0.2) is 0 Å². The molecule has 10 rings (SSSR count). The Hall–Kier alpha value is -4.38. The van der Waals surface area contributed by atoms with Gasteiger partial charge in [-0.2, -0.15) is 0 Å². The Balaban J connectivity index is 1.22. The zero-order chi connectivity index (χ0) is 26.3. The molecular formula is C36H22N2S2. The number of rotatable bonds is 0. The highest BCUT2D eigenvalue weighted by Crippen LogP contribution is 2.47. The lowest BCUT2D eigenvalue weighted by molar-refractivity contribution is 0.970. The summed E-state index contributed by atoms with van der Waals surface area (Å²) in [5.41, 5.74) is 2.56. The van der Waals surface area contributed by atoms with Crippen LogP contribution in [0.1, 0.15) is 0 Å². The molecule has 0 bridgehead atoms. The van der Waals surface area contributed by atoms with Crippen molar-refractivity contribution in [2.75, 3.05) is 0 Å². The summed E-state index contributed by atoms with van der Waals surface area (Å²) >= 11 is 3.89. The van der Waals surface area contributed by atoms with E-state index in [1.807, 2.05) is 22.7 Å². The van der Waals surface area contributed by atoms with Gasteiger partial charge in [0.15, 0.2) is 0 Å². The Labute approximate surface area is 236 Å². The molecule has 0 spiro atoms. The molecule has 0 atom stereocenters. The molecule has 6 aromatic carbocycles. The second kappa shape index (κ2) is 7.22. The molecule has 0 saturated heterocycles. The molecule has 4 heterocycles. The monoisotopic (exact) mass is 546 g/mol. The van der Waals surface area contributed by atoms with Gasteiger partial charge in [-0.3, -0.25) is 0 Å². The largest absolute Gasteiger partial charge is 0.351 e. The van der Waals surface area contributed by atoms with E-state index in [-0.39, 0.29) is 0 Å². The van der Waals surface area contributed by atoms with Gasteiger partial charge >= 0.3 is 0 Å². The molecule has 40 heavy (non-hydrogen) atoms. The van der Waals surface area contributed by atoms with Crippen molar-refractivity contribution in [1.82, 2.24) is 9.13 Å². The second-order valence-corrected chi connectivity index (χ2v) is 13.4. The first-order chi connectivity index (χ1) is 19.6. The van der Waals surface area contributed by atoms with Crippen LogP contribution in [0.25, 0.3) is 94.5 Å². The normalized spacial score (nSPS) is 12.8. The third-order valence-electron chi connectivity index (χ3n) is 8.91. The average molecular weight is 547 g/mol. The molecule has 0 N–H and O–H groups in total. The minimum Gasteiger partial charge on any atom is -0.351 e. The molecular weight excluding hydrogens is 525 g/mol. The first kappa shape index (κ1) is 21.4. The van der Waals surface area contributed by atoms with Crippen LogP contribution in [0.4, 0.5) is 0 Å². The number of fused-ring (bicyclic) bond motifs is 11. The number of hydrogen-bond donors (Lipinski definition) is 0. The van der Waals surface area contributed by atoms with E-state index >= 15 is 0 Å². The summed E-state index contributed by atoms with van der Waals surface area (Å²) in [5, 5.41) is 15.8. The van der Waals surface area contributed by atoms with E-state index in [9.17, 15) is 0 Å². The fourth-order valence-corrected chi connectivity index (χ4v) is 9.48. The molecule has 0 fully saturated rings. The molecule has 0 saturated carbocycles. The first-order valence-electron chi connectivity index (χ1n) is 13.6. The summed E-state index contributed by atoms with van der Waals surface area (Å²) in [6, 6.07) is 32.9. The van der Waals surface area contributed by atoms with Crippen molar-refractivity contribution in [3.63, 3.8) is 0 Å². The maximum Gasteiger partial charge on any atom is 0.0542 e. The number of benzene rings is 6. The van der Waals surface area contributed by atoms with Crippen molar-refractivity contribution in [3.8, 4) is 0 Å². The molecule has 2 nitrogen and oxygen atoms in total. The van der Waals surface area contributed by atoms with Gasteiger partial charge in [0.25, 0.3) is 0 Å². The highest BCUT2D eigenvalue weighted by Gasteiger charge is 2.15. The van der Waals surface area contributed by atoms with E-state index in [4.69, 9.17) is 0 Å². The van der Waals surface area contributed by atoms with Crippen molar-refractivity contribution < 1.29 is 0 Å². The highest BCUT2D eigenvalue weighted by atomic mass is 32.1. The summed E-state index contributed by atoms with van der Waals surface area (Å²) in [5.74, 6) is 0. The fourth-order valence-electron chi connectivity index (χ4n) is 6.79. The molecule has 0 aliphatic rings. The van der Waals surface area contributed by atoms with Crippen LogP contribution in [0.5, 0.6) is 0 Å². The minimum absolute atomic E-state index is 1.28.